The number of urea groups is 1. The molecule has 22 heavy (non-hydrogen) atoms. The fourth-order valence-corrected chi connectivity index (χ4v) is 1.96. The summed E-state index contributed by atoms with van der Waals surface area (Å²) >= 11 is 0. The smallest absolute Gasteiger partial charge is 0.319 e. The maximum atomic E-state index is 11.6. The predicted molar refractivity (Wildman–Crippen MR) is 88.5 cm³/mol. The number of nitrogens with zero attached hydrogens (tertiary/aromatic N) is 2. The number of carbonyl (C=O) groups is 1. The Bertz CT molecular complexity index is 619. The summed E-state index contributed by atoms with van der Waals surface area (Å²) in [7, 11) is 0. The molecule has 3 N–H and O–H groups in total. The van der Waals surface area contributed by atoms with Crippen LogP contribution in [0.15, 0.2) is 30.3 Å². The number of hydrogen-bond acceptors (Lipinski definition) is 4. The molecule has 0 radical (unpaired) electrons. The molecular formula is C16H21N5O. The van der Waals surface area contributed by atoms with Gasteiger partial charge >= 0.3 is 6.03 Å². The quantitative estimate of drug-likeness (QED) is 0.791. The van der Waals surface area contributed by atoms with E-state index in [2.05, 4.69) is 25.9 Å². The highest BCUT2D eigenvalue weighted by Gasteiger charge is 2.02. The van der Waals surface area contributed by atoms with Crippen LogP contribution in [0.3, 0.4) is 0 Å². The Balaban J connectivity index is 1.98. The van der Waals surface area contributed by atoms with Crippen LogP contribution in [-0.2, 0) is 0 Å². The third-order valence-electron chi connectivity index (χ3n) is 2.92. The number of hydrogen-bond donors (Lipinski definition) is 3. The summed E-state index contributed by atoms with van der Waals surface area (Å²) in [4.78, 5) is 20.2. The minimum Gasteiger partial charge on any atom is -0.338 e. The SMILES string of the molecule is CCCNC(=O)Nc1ccc(Nc2nc(C)cc(C)n2)cc1. The van der Waals surface area contributed by atoms with Crippen molar-refractivity contribution < 1.29 is 4.79 Å². The van der Waals surface area contributed by atoms with Gasteiger partial charge in [-0.15, -0.1) is 0 Å². The van der Waals surface area contributed by atoms with Gasteiger partial charge in [0.1, 0.15) is 0 Å². The zero-order valence-corrected chi connectivity index (χ0v) is 13.1. The maximum Gasteiger partial charge on any atom is 0.319 e. The predicted octanol–water partition coefficient (Wildman–Crippen LogP) is 3.37. The number of rotatable bonds is 5. The molecule has 0 fully saturated rings. The summed E-state index contributed by atoms with van der Waals surface area (Å²) in [5.41, 5.74) is 3.44. The van der Waals surface area contributed by atoms with Crippen LogP contribution < -0.4 is 16.0 Å². The molecule has 0 unspecified atom stereocenters. The normalized spacial score (nSPS) is 10.1. The van der Waals surface area contributed by atoms with Gasteiger partial charge in [0, 0.05) is 29.3 Å². The van der Waals surface area contributed by atoms with Gasteiger partial charge in [0.25, 0.3) is 0 Å². The highest BCUT2D eigenvalue weighted by molar-refractivity contribution is 5.89. The highest BCUT2D eigenvalue weighted by Crippen LogP contribution is 2.17. The van der Waals surface area contributed by atoms with E-state index >= 15 is 0 Å². The number of anilines is 3. The minimum atomic E-state index is -0.194. The van der Waals surface area contributed by atoms with Crippen molar-refractivity contribution in [2.75, 3.05) is 17.2 Å². The van der Waals surface area contributed by atoms with E-state index in [1.807, 2.05) is 51.1 Å². The van der Waals surface area contributed by atoms with Crippen molar-refractivity contribution in [1.82, 2.24) is 15.3 Å². The molecule has 0 saturated heterocycles. The molecule has 6 nitrogen and oxygen atoms in total. The Morgan fingerprint density at radius 1 is 1.05 bits per heavy atom. The molecule has 2 aromatic rings. The molecule has 116 valence electrons. The van der Waals surface area contributed by atoms with Crippen LogP contribution in [0.1, 0.15) is 24.7 Å². The second-order valence-electron chi connectivity index (χ2n) is 5.06. The molecule has 1 aromatic carbocycles. The van der Waals surface area contributed by atoms with Crippen molar-refractivity contribution in [3.63, 3.8) is 0 Å². The van der Waals surface area contributed by atoms with Crippen molar-refractivity contribution >= 4 is 23.4 Å². The first kappa shape index (κ1) is 15.8. The molecule has 2 amide bonds. The topological polar surface area (TPSA) is 78.9 Å². The Morgan fingerprint density at radius 2 is 1.64 bits per heavy atom. The van der Waals surface area contributed by atoms with Crippen molar-refractivity contribution in [2.45, 2.75) is 27.2 Å². The Labute approximate surface area is 130 Å². The molecule has 1 aromatic heterocycles. The van der Waals surface area contributed by atoms with Crippen LogP contribution in [-0.4, -0.2) is 22.5 Å². The molecule has 0 aliphatic rings. The lowest BCUT2D eigenvalue weighted by Crippen LogP contribution is -2.29. The van der Waals surface area contributed by atoms with Gasteiger partial charge < -0.3 is 16.0 Å². The van der Waals surface area contributed by atoms with Crippen LogP contribution in [0.2, 0.25) is 0 Å². The van der Waals surface area contributed by atoms with E-state index in [1.54, 1.807) is 0 Å². The van der Waals surface area contributed by atoms with Gasteiger partial charge in [-0.05, 0) is 50.6 Å². The van der Waals surface area contributed by atoms with Gasteiger partial charge in [-0.3, -0.25) is 0 Å². The van der Waals surface area contributed by atoms with Crippen LogP contribution in [0.5, 0.6) is 0 Å². The molecule has 0 saturated carbocycles. The monoisotopic (exact) mass is 299 g/mol. The van der Waals surface area contributed by atoms with E-state index in [4.69, 9.17) is 0 Å². The van der Waals surface area contributed by atoms with Crippen molar-refractivity contribution in [1.29, 1.82) is 0 Å². The van der Waals surface area contributed by atoms with E-state index in [-0.39, 0.29) is 6.03 Å². The largest absolute Gasteiger partial charge is 0.338 e. The van der Waals surface area contributed by atoms with Crippen LogP contribution in [0.4, 0.5) is 22.1 Å². The highest BCUT2D eigenvalue weighted by atomic mass is 16.2. The summed E-state index contributed by atoms with van der Waals surface area (Å²) in [6.07, 6.45) is 0.909. The van der Waals surface area contributed by atoms with E-state index in [0.717, 1.165) is 29.2 Å². The summed E-state index contributed by atoms with van der Waals surface area (Å²) < 4.78 is 0. The average molecular weight is 299 g/mol. The number of carbonyl (C=O) groups excluding carboxylic acids is 1. The van der Waals surface area contributed by atoms with Gasteiger partial charge in [0.15, 0.2) is 0 Å². The van der Waals surface area contributed by atoms with E-state index in [0.29, 0.717) is 12.5 Å². The third kappa shape index (κ3) is 4.73. The Morgan fingerprint density at radius 3 is 2.23 bits per heavy atom. The molecule has 0 aliphatic heterocycles. The summed E-state index contributed by atoms with van der Waals surface area (Å²) in [6.45, 7) is 6.54. The number of benzene rings is 1. The minimum absolute atomic E-state index is 0.194. The molecule has 0 spiro atoms. The first-order chi connectivity index (χ1) is 10.6. The zero-order valence-electron chi connectivity index (χ0n) is 13.1. The molecular weight excluding hydrogens is 278 g/mol. The molecule has 2 rings (SSSR count). The fourth-order valence-electron chi connectivity index (χ4n) is 1.96. The Kier molecular flexibility index (Phi) is 5.30. The molecule has 0 atom stereocenters. The first-order valence-corrected chi connectivity index (χ1v) is 7.31. The molecule has 0 bridgehead atoms. The van der Waals surface area contributed by atoms with E-state index in [9.17, 15) is 4.79 Å². The molecule has 0 aliphatic carbocycles. The van der Waals surface area contributed by atoms with Crippen molar-refractivity contribution in [2.24, 2.45) is 0 Å². The van der Waals surface area contributed by atoms with Crippen molar-refractivity contribution in [3.05, 3.63) is 41.7 Å². The lowest BCUT2D eigenvalue weighted by molar-refractivity contribution is 0.252. The molecule has 1 heterocycles. The van der Waals surface area contributed by atoms with Crippen LogP contribution >= 0.6 is 0 Å². The maximum absolute atomic E-state index is 11.6. The number of aryl methyl sites for hydroxylation is 2. The average Bonchev–Trinajstić information content (AvgIpc) is 2.46. The van der Waals surface area contributed by atoms with Gasteiger partial charge in [0.05, 0.1) is 0 Å². The van der Waals surface area contributed by atoms with Gasteiger partial charge in [0.2, 0.25) is 5.95 Å². The van der Waals surface area contributed by atoms with Crippen LogP contribution in [0, 0.1) is 13.8 Å². The number of nitrogens with one attached hydrogen (secondary N) is 3. The molecule has 6 heteroatoms. The van der Waals surface area contributed by atoms with Gasteiger partial charge in [-0.2, -0.15) is 0 Å². The van der Waals surface area contributed by atoms with Crippen molar-refractivity contribution in [3.8, 4) is 0 Å². The Hall–Kier alpha value is -2.63. The standard InChI is InChI=1S/C16H21N5O/c1-4-9-17-16(22)21-14-7-5-13(6-8-14)20-15-18-11(2)10-12(3)19-15/h5-8,10H,4,9H2,1-3H3,(H2,17,21,22)(H,18,19,20). The lowest BCUT2D eigenvalue weighted by Gasteiger charge is -2.09. The summed E-state index contributed by atoms with van der Waals surface area (Å²) in [6, 6.07) is 9.13. The third-order valence-corrected chi connectivity index (χ3v) is 2.92. The number of amides is 2. The van der Waals surface area contributed by atoms with Crippen LogP contribution in [0.25, 0.3) is 0 Å². The lowest BCUT2D eigenvalue weighted by atomic mass is 10.3. The number of aromatic nitrogens is 2. The summed E-state index contributed by atoms with van der Waals surface area (Å²) in [5, 5.41) is 8.69. The first-order valence-electron chi connectivity index (χ1n) is 7.31. The zero-order chi connectivity index (χ0) is 15.9. The second kappa shape index (κ2) is 7.40. The van der Waals surface area contributed by atoms with E-state index < -0.39 is 0 Å². The summed E-state index contributed by atoms with van der Waals surface area (Å²) in [5.74, 6) is 0.568. The fraction of sp³-hybridized carbons (Fsp3) is 0.312. The van der Waals surface area contributed by atoms with Gasteiger partial charge in [-0.25, -0.2) is 14.8 Å². The second-order valence-corrected chi connectivity index (χ2v) is 5.06. The van der Waals surface area contributed by atoms with Gasteiger partial charge in [-0.1, -0.05) is 6.92 Å². The van der Waals surface area contributed by atoms with E-state index in [1.165, 1.54) is 0 Å².